The van der Waals surface area contributed by atoms with E-state index in [4.69, 9.17) is 15.2 Å². The van der Waals surface area contributed by atoms with Gasteiger partial charge in [0.1, 0.15) is 6.10 Å². The van der Waals surface area contributed by atoms with Crippen molar-refractivity contribution >= 4 is 18.3 Å². The van der Waals surface area contributed by atoms with Crippen molar-refractivity contribution in [3.63, 3.8) is 0 Å². The van der Waals surface area contributed by atoms with E-state index in [-0.39, 0.29) is 18.5 Å². The zero-order chi connectivity index (χ0) is 14.3. The van der Waals surface area contributed by atoms with E-state index in [2.05, 4.69) is 5.32 Å². The third-order valence-corrected chi connectivity index (χ3v) is 3.00. The first-order chi connectivity index (χ1) is 8.94. The lowest BCUT2D eigenvalue weighted by Crippen LogP contribution is -2.45. The summed E-state index contributed by atoms with van der Waals surface area (Å²) in [6.45, 7) is 0.979. The van der Waals surface area contributed by atoms with E-state index in [1.807, 2.05) is 0 Å². The van der Waals surface area contributed by atoms with Crippen molar-refractivity contribution in [2.75, 3.05) is 26.3 Å². The van der Waals surface area contributed by atoms with Gasteiger partial charge in [-0.15, -0.1) is 12.4 Å². The Labute approximate surface area is 124 Å². The molecule has 0 radical (unpaired) electrons. The fraction of sp³-hybridized carbons (Fsp3) is 0.917. The highest BCUT2D eigenvalue weighted by molar-refractivity contribution is 5.85. The van der Waals surface area contributed by atoms with Gasteiger partial charge in [-0.2, -0.15) is 0 Å². The highest BCUT2D eigenvalue weighted by Gasteiger charge is 2.28. The summed E-state index contributed by atoms with van der Waals surface area (Å²) in [5.74, 6) is -3.65. The van der Waals surface area contributed by atoms with E-state index >= 15 is 0 Å². The molecule has 0 aromatic carbocycles. The molecule has 0 saturated carbocycles. The number of amides is 1. The van der Waals surface area contributed by atoms with E-state index in [9.17, 15) is 13.6 Å². The quantitative estimate of drug-likeness (QED) is 0.737. The molecule has 1 fully saturated rings. The van der Waals surface area contributed by atoms with Gasteiger partial charge < -0.3 is 20.5 Å². The Morgan fingerprint density at radius 3 is 2.80 bits per heavy atom. The van der Waals surface area contributed by atoms with Crippen LogP contribution >= 0.6 is 12.4 Å². The number of nitrogens with two attached hydrogens (primary N) is 1. The number of hydrogen-bond acceptors (Lipinski definition) is 4. The summed E-state index contributed by atoms with van der Waals surface area (Å²) in [4.78, 5) is 11.5. The number of hydrogen-bond donors (Lipinski definition) is 2. The van der Waals surface area contributed by atoms with Crippen molar-refractivity contribution in [1.82, 2.24) is 5.32 Å². The molecule has 1 saturated heterocycles. The number of halogens is 3. The molecule has 0 aromatic heterocycles. The van der Waals surface area contributed by atoms with Crippen LogP contribution in [0.1, 0.15) is 26.2 Å². The maximum atomic E-state index is 12.9. The van der Waals surface area contributed by atoms with Gasteiger partial charge in [-0.25, -0.2) is 8.78 Å². The molecule has 20 heavy (non-hydrogen) atoms. The number of nitrogens with one attached hydrogen (secondary N) is 1. The molecule has 0 aliphatic carbocycles. The van der Waals surface area contributed by atoms with Gasteiger partial charge >= 0.3 is 0 Å². The standard InChI is InChI=1S/C12H22F2N2O3.ClH/c1-9(11(17)16-8-12(13,14)7-15)19-6-10-4-2-3-5-18-10;/h9-10H,2-8,15H2,1H3,(H,16,17);1H. The zero-order valence-electron chi connectivity index (χ0n) is 11.6. The Morgan fingerprint density at radius 2 is 2.25 bits per heavy atom. The van der Waals surface area contributed by atoms with Gasteiger partial charge in [0.15, 0.2) is 0 Å². The molecule has 2 unspecified atom stereocenters. The van der Waals surface area contributed by atoms with Crippen molar-refractivity contribution in [2.24, 2.45) is 5.73 Å². The first-order valence-corrected chi connectivity index (χ1v) is 6.53. The van der Waals surface area contributed by atoms with Gasteiger partial charge in [0.05, 0.1) is 25.8 Å². The van der Waals surface area contributed by atoms with Crippen LogP contribution in [0.3, 0.4) is 0 Å². The number of carbonyl (C=O) groups is 1. The molecule has 3 N–H and O–H groups in total. The molecule has 1 aliphatic rings. The molecule has 1 heterocycles. The summed E-state index contributed by atoms with van der Waals surface area (Å²) < 4.78 is 36.5. The van der Waals surface area contributed by atoms with Crippen LogP contribution in [0, 0.1) is 0 Å². The molecule has 1 amide bonds. The van der Waals surface area contributed by atoms with Crippen LogP contribution in [0.5, 0.6) is 0 Å². The molecule has 5 nitrogen and oxygen atoms in total. The minimum Gasteiger partial charge on any atom is -0.376 e. The molecule has 1 rings (SSSR count). The SMILES string of the molecule is CC(OCC1CCCCO1)C(=O)NCC(F)(F)CN.Cl. The monoisotopic (exact) mass is 316 g/mol. The third kappa shape index (κ3) is 7.33. The second-order valence-corrected chi connectivity index (χ2v) is 4.74. The Morgan fingerprint density at radius 1 is 1.55 bits per heavy atom. The Balaban J connectivity index is 0.00000361. The van der Waals surface area contributed by atoms with Gasteiger partial charge in [0.2, 0.25) is 5.91 Å². The van der Waals surface area contributed by atoms with Crippen molar-refractivity contribution in [1.29, 1.82) is 0 Å². The summed E-state index contributed by atoms with van der Waals surface area (Å²) in [6, 6.07) is 0. The molecule has 2 atom stereocenters. The Kier molecular flexibility index (Phi) is 9.20. The predicted molar refractivity (Wildman–Crippen MR) is 73.3 cm³/mol. The van der Waals surface area contributed by atoms with E-state index < -0.39 is 31.0 Å². The lowest BCUT2D eigenvalue weighted by atomic mass is 10.1. The van der Waals surface area contributed by atoms with Crippen LogP contribution in [0.15, 0.2) is 0 Å². The van der Waals surface area contributed by atoms with Crippen molar-refractivity contribution < 1.29 is 23.0 Å². The average Bonchev–Trinajstić information content (AvgIpc) is 2.43. The topological polar surface area (TPSA) is 73.6 Å². The maximum Gasteiger partial charge on any atom is 0.277 e. The first kappa shape index (κ1) is 19.5. The van der Waals surface area contributed by atoms with Crippen LogP contribution in [0.4, 0.5) is 8.78 Å². The molecular formula is C12H23ClF2N2O3. The smallest absolute Gasteiger partial charge is 0.277 e. The second kappa shape index (κ2) is 9.44. The molecule has 120 valence electrons. The number of carbonyl (C=O) groups excluding carboxylic acids is 1. The van der Waals surface area contributed by atoms with Crippen LogP contribution in [-0.2, 0) is 14.3 Å². The highest BCUT2D eigenvalue weighted by atomic mass is 35.5. The normalized spacial score (nSPS) is 20.9. The van der Waals surface area contributed by atoms with Crippen molar-refractivity contribution in [3.8, 4) is 0 Å². The maximum absolute atomic E-state index is 12.9. The van der Waals surface area contributed by atoms with Crippen molar-refractivity contribution in [3.05, 3.63) is 0 Å². The summed E-state index contributed by atoms with van der Waals surface area (Å²) in [5, 5.41) is 2.13. The molecule has 8 heteroatoms. The molecule has 0 aromatic rings. The Bertz CT molecular complexity index is 290. The predicted octanol–water partition coefficient (Wildman–Crippen LogP) is 1.09. The summed E-state index contributed by atoms with van der Waals surface area (Å²) >= 11 is 0. The number of alkyl halides is 2. The largest absolute Gasteiger partial charge is 0.376 e. The number of rotatable bonds is 7. The minimum absolute atomic E-state index is 0. The van der Waals surface area contributed by atoms with E-state index in [1.165, 1.54) is 6.92 Å². The lowest BCUT2D eigenvalue weighted by molar-refractivity contribution is -0.137. The summed E-state index contributed by atoms with van der Waals surface area (Å²) in [6.07, 6.45) is 2.24. The van der Waals surface area contributed by atoms with Gasteiger partial charge in [0.25, 0.3) is 5.92 Å². The second-order valence-electron chi connectivity index (χ2n) is 4.74. The molecule has 0 spiro atoms. The fourth-order valence-corrected chi connectivity index (χ4v) is 1.70. The van der Waals surface area contributed by atoms with Crippen LogP contribution in [0.25, 0.3) is 0 Å². The van der Waals surface area contributed by atoms with E-state index in [0.29, 0.717) is 13.2 Å². The van der Waals surface area contributed by atoms with Gasteiger partial charge in [-0.1, -0.05) is 0 Å². The Hall–Kier alpha value is -0.500. The van der Waals surface area contributed by atoms with Crippen LogP contribution < -0.4 is 11.1 Å². The minimum atomic E-state index is -3.08. The lowest BCUT2D eigenvalue weighted by Gasteiger charge is -2.24. The molecule has 1 aliphatic heterocycles. The molecular weight excluding hydrogens is 294 g/mol. The van der Waals surface area contributed by atoms with Gasteiger partial charge in [0, 0.05) is 6.61 Å². The highest BCUT2D eigenvalue weighted by Crippen LogP contribution is 2.13. The number of ether oxygens (including phenoxy) is 2. The molecule has 0 bridgehead atoms. The third-order valence-electron chi connectivity index (χ3n) is 3.00. The van der Waals surface area contributed by atoms with Gasteiger partial charge in [-0.05, 0) is 26.2 Å². The van der Waals surface area contributed by atoms with E-state index in [0.717, 1.165) is 19.3 Å². The fourth-order valence-electron chi connectivity index (χ4n) is 1.70. The van der Waals surface area contributed by atoms with Crippen LogP contribution in [-0.4, -0.2) is 50.3 Å². The zero-order valence-corrected chi connectivity index (χ0v) is 12.4. The summed E-state index contributed by atoms with van der Waals surface area (Å²) in [7, 11) is 0. The van der Waals surface area contributed by atoms with E-state index in [1.54, 1.807) is 0 Å². The van der Waals surface area contributed by atoms with Gasteiger partial charge in [-0.3, -0.25) is 4.79 Å². The van der Waals surface area contributed by atoms with Crippen LogP contribution in [0.2, 0.25) is 0 Å². The van der Waals surface area contributed by atoms with Crippen molar-refractivity contribution in [2.45, 2.75) is 44.3 Å². The summed E-state index contributed by atoms with van der Waals surface area (Å²) in [5.41, 5.74) is 4.88. The average molecular weight is 317 g/mol. The first-order valence-electron chi connectivity index (χ1n) is 6.53.